The maximum absolute atomic E-state index is 12.4. The minimum atomic E-state index is -1.11. The number of piperazine rings is 1. The van der Waals surface area contributed by atoms with E-state index in [-0.39, 0.29) is 11.6 Å². The van der Waals surface area contributed by atoms with Crippen LogP contribution in [0.3, 0.4) is 0 Å². The van der Waals surface area contributed by atoms with E-state index in [1.165, 1.54) is 18.3 Å². The van der Waals surface area contributed by atoms with E-state index in [4.69, 9.17) is 5.11 Å². The number of rotatable bonds is 3. The van der Waals surface area contributed by atoms with Gasteiger partial charge < -0.3 is 14.9 Å². The average Bonchev–Trinajstić information content (AvgIpc) is 2.62. The monoisotopic (exact) mass is 313 g/mol. The molecule has 1 aliphatic heterocycles. The predicted octanol–water partition coefficient (Wildman–Crippen LogP) is 0.532. The SMILES string of the molecule is O=C(O)c1ccc(C(=O)N2CCN(c3cccnn3)CC2)cn1. The molecular formula is C15H15N5O3. The van der Waals surface area contributed by atoms with Crippen molar-refractivity contribution in [3.8, 4) is 0 Å². The molecule has 0 spiro atoms. The number of aromatic carboxylic acids is 1. The van der Waals surface area contributed by atoms with E-state index in [2.05, 4.69) is 20.1 Å². The molecule has 23 heavy (non-hydrogen) atoms. The van der Waals surface area contributed by atoms with Gasteiger partial charge in [0.15, 0.2) is 5.82 Å². The molecule has 2 aromatic heterocycles. The molecule has 0 bridgehead atoms. The molecule has 1 aliphatic rings. The molecular weight excluding hydrogens is 298 g/mol. The number of carbonyl (C=O) groups excluding carboxylic acids is 1. The van der Waals surface area contributed by atoms with Crippen LogP contribution in [0.1, 0.15) is 20.8 Å². The molecule has 0 radical (unpaired) electrons. The Balaban J connectivity index is 1.63. The van der Waals surface area contributed by atoms with Gasteiger partial charge in [0.1, 0.15) is 5.69 Å². The van der Waals surface area contributed by atoms with Crippen LogP contribution in [0.5, 0.6) is 0 Å². The first-order valence-electron chi connectivity index (χ1n) is 7.16. The number of carboxylic acid groups (broad SMARTS) is 1. The second-order valence-corrected chi connectivity index (χ2v) is 5.10. The molecule has 8 nitrogen and oxygen atoms in total. The summed E-state index contributed by atoms with van der Waals surface area (Å²) in [5.41, 5.74) is 0.317. The van der Waals surface area contributed by atoms with Crippen molar-refractivity contribution in [2.75, 3.05) is 31.1 Å². The Kier molecular flexibility index (Phi) is 4.13. The lowest BCUT2D eigenvalue weighted by Gasteiger charge is -2.35. The van der Waals surface area contributed by atoms with Crippen molar-refractivity contribution >= 4 is 17.7 Å². The summed E-state index contributed by atoms with van der Waals surface area (Å²) in [6.45, 7) is 2.47. The predicted molar refractivity (Wildman–Crippen MR) is 81.3 cm³/mol. The highest BCUT2D eigenvalue weighted by Gasteiger charge is 2.23. The summed E-state index contributed by atoms with van der Waals surface area (Å²) in [5.74, 6) is -0.457. The van der Waals surface area contributed by atoms with Crippen molar-refractivity contribution in [2.24, 2.45) is 0 Å². The van der Waals surface area contributed by atoms with E-state index in [9.17, 15) is 9.59 Å². The van der Waals surface area contributed by atoms with Crippen LogP contribution in [0.25, 0.3) is 0 Å². The minimum Gasteiger partial charge on any atom is -0.477 e. The summed E-state index contributed by atoms with van der Waals surface area (Å²) in [6, 6.07) is 6.55. The summed E-state index contributed by atoms with van der Waals surface area (Å²) < 4.78 is 0. The van der Waals surface area contributed by atoms with Gasteiger partial charge in [-0.1, -0.05) is 0 Å². The van der Waals surface area contributed by atoms with E-state index in [0.717, 1.165) is 5.82 Å². The summed E-state index contributed by atoms with van der Waals surface area (Å²) in [6.07, 6.45) is 2.93. The van der Waals surface area contributed by atoms with Crippen molar-refractivity contribution in [3.63, 3.8) is 0 Å². The average molecular weight is 313 g/mol. The summed E-state index contributed by atoms with van der Waals surface area (Å²) in [4.78, 5) is 30.8. The highest BCUT2D eigenvalue weighted by molar-refractivity contribution is 5.95. The second kappa shape index (κ2) is 6.39. The Labute approximate surface area is 132 Å². The van der Waals surface area contributed by atoms with Crippen molar-refractivity contribution in [2.45, 2.75) is 0 Å². The van der Waals surface area contributed by atoms with Crippen LogP contribution in [0.15, 0.2) is 36.7 Å². The highest BCUT2D eigenvalue weighted by Crippen LogP contribution is 2.14. The number of nitrogens with zero attached hydrogens (tertiary/aromatic N) is 5. The van der Waals surface area contributed by atoms with Gasteiger partial charge >= 0.3 is 5.97 Å². The first-order chi connectivity index (χ1) is 11.1. The Morgan fingerprint density at radius 2 is 1.87 bits per heavy atom. The van der Waals surface area contributed by atoms with Crippen LogP contribution < -0.4 is 4.90 Å². The molecule has 3 rings (SSSR count). The standard InChI is InChI=1S/C15H15N5O3/c21-14(11-3-4-12(15(22)23)16-10-11)20-8-6-19(7-9-20)13-2-1-5-17-18-13/h1-5,10H,6-9H2,(H,22,23). The number of carbonyl (C=O) groups is 2. The first-order valence-corrected chi connectivity index (χ1v) is 7.16. The number of hydrogen-bond acceptors (Lipinski definition) is 6. The molecule has 0 atom stereocenters. The third kappa shape index (κ3) is 3.25. The lowest BCUT2D eigenvalue weighted by atomic mass is 10.2. The highest BCUT2D eigenvalue weighted by atomic mass is 16.4. The molecule has 1 fully saturated rings. The van der Waals surface area contributed by atoms with Gasteiger partial charge in [0.25, 0.3) is 5.91 Å². The normalized spacial score (nSPS) is 14.6. The van der Waals surface area contributed by atoms with Gasteiger partial charge in [0.2, 0.25) is 0 Å². The fraction of sp³-hybridized carbons (Fsp3) is 0.267. The largest absolute Gasteiger partial charge is 0.477 e. The van der Waals surface area contributed by atoms with Crippen LogP contribution in [0, 0.1) is 0 Å². The maximum atomic E-state index is 12.4. The van der Waals surface area contributed by atoms with Gasteiger partial charge in [0, 0.05) is 38.6 Å². The molecule has 3 heterocycles. The Morgan fingerprint density at radius 1 is 1.09 bits per heavy atom. The minimum absolute atomic E-state index is 0.0750. The van der Waals surface area contributed by atoms with Crippen LogP contribution in [0.2, 0.25) is 0 Å². The molecule has 2 aromatic rings. The zero-order valence-electron chi connectivity index (χ0n) is 12.3. The van der Waals surface area contributed by atoms with Gasteiger partial charge in [-0.3, -0.25) is 4.79 Å². The fourth-order valence-corrected chi connectivity index (χ4v) is 2.43. The van der Waals surface area contributed by atoms with E-state index in [1.54, 1.807) is 11.1 Å². The van der Waals surface area contributed by atoms with Crippen molar-refractivity contribution in [3.05, 3.63) is 47.9 Å². The number of aromatic nitrogens is 3. The molecule has 1 amide bonds. The van der Waals surface area contributed by atoms with Crippen LogP contribution in [-0.2, 0) is 0 Å². The maximum Gasteiger partial charge on any atom is 0.354 e. The molecule has 8 heteroatoms. The molecule has 1 saturated heterocycles. The van der Waals surface area contributed by atoms with E-state index in [0.29, 0.717) is 31.7 Å². The third-order valence-corrected chi connectivity index (χ3v) is 3.68. The second-order valence-electron chi connectivity index (χ2n) is 5.10. The van der Waals surface area contributed by atoms with Gasteiger partial charge in [-0.15, -0.1) is 5.10 Å². The third-order valence-electron chi connectivity index (χ3n) is 3.68. The Morgan fingerprint density at radius 3 is 2.43 bits per heavy atom. The number of hydrogen-bond donors (Lipinski definition) is 1. The van der Waals surface area contributed by atoms with Gasteiger partial charge in [-0.25, -0.2) is 9.78 Å². The number of amides is 1. The molecule has 118 valence electrons. The molecule has 0 unspecified atom stereocenters. The fourth-order valence-electron chi connectivity index (χ4n) is 2.43. The van der Waals surface area contributed by atoms with E-state index >= 15 is 0 Å². The van der Waals surface area contributed by atoms with Gasteiger partial charge in [0.05, 0.1) is 5.56 Å². The van der Waals surface area contributed by atoms with Crippen molar-refractivity contribution in [1.29, 1.82) is 0 Å². The van der Waals surface area contributed by atoms with Gasteiger partial charge in [-0.05, 0) is 24.3 Å². The van der Waals surface area contributed by atoms with E-state index in [1.807, 2.05) is 12.1 Å². The zero-order valence-corrected chi connectivity index (χ0v) is 12.3. The zero-order chi connectivity index (χ0) is 16.2. The quantitative estimate of drug-likeness (QED) is 0.882. The summed E-state index contributed by atoms with van der Waals surface area (Å²) >= 11 is 0. The lowest BCUT2D eigenvalue weighted by molar-refractivity contribution is 0.0686. The topological polar surface area (TPSA) is 99.5 Å². The number of carboxylic acids is 1. The molecule has 1 N–H and O–H groups in total. The first kappa shape index (κ1) is 14.9. The smallest absolute Gasteiger partial charge is 0.354 e. The van der Waals surface area contributed by atoms with E-state index < -0.39 is 5.97 Å². The van der Waals surface area contributed by atoms with Crippen molar-refractivity contribution in [1.82, 2.24) is 20.1 Å². The Bertz CT molecular complexity index is 697. The number of pyridine rings is 1. The van der Waals surface area contributed by atoms with Crippen LogP contribution >= 0.6 is 0 Å². The van der Waals surface area contributed by atoms with Crippen molar-refractivity contribution < 1.29 is 14.7 Å². The Hall–Kier alpha value is -3.03. The summed E-state index contributed by atoms with van der Waals surface area (Å²) in [5, 5.41) is 16.7. The number of anilines is 1. The molecule has 0 aliphatic carbocycles. The molecule has 0 aromatic carbocycles. The summed E-state index contributed by atoms with van der Waals surface area (Å²) in [7, 11) is 0. The molecule has 0 saturated carbocycles. The van der Waals surface area contributed by atoms with Crippen LogP contribution in [0.4, 0.5) is 5.82 Å². The lowest BCUT2D eigenvalue weighted by Crippen LogP contribution is -2.49. The van der Waals surface area contributed by atoms with Gasteiger partial charge in [-0.2, -0.15) is 5.10 Å². The van der Waals surface area contributed by atoms with Crippen LogP contribution in [-0.4, -0.2) is 63.2 Å².